The quantitative estimate of drug-likeness (QED) is 0.616. The summed E-state index contributed by atoms with van der Waals surface area (Å²) in [5, 5.41) is 6.37. The fraction of sp³-hybridized carbons (Fsp3) is 0.182. The van der Waals surface area contributed by atoms with Gasteiger partial charge in [-0.3, -0.25) is 4.79 Å². The first-order valence-electron chi connectivity index (χ1n) is 9.05. The maximum atomic E-state index is 12.9. The molecule has 2 atom stereocenters. The summed E-state index contributed by atoms with van der Waals surface area (Å²) < 4.78 is 5.74. The third-order valence-electron chi connectivity index (χ3n) is 4.74. The molecule has 5 nitrogen and oxygen atoms in total. The number of carbonyl (C=O) groups is 1. The van der Waals surface area contributed by atoms with Gasteiger partial charge in [-0.25, -0.2) is 4.98 Å². The van der Waals surface area contributed by atoms with Crippen molar-refractivity contribution < 1.29 is 9.53 Å². The third kappa shape index (κ3) is 5.70. The molecule has 0 aliphatic carbocycles. The van der Waals surface area contributed by atoms with Gasteiger partial charge in [0.05, 0.1) is 5.92 Å². The first-order chi connectivity index (χ1) is 13.3. The average Bonchev–Trinajstić information content (AvgIpc) is 3.20. The van der Waals surface area contributed by atoms with Crippen LogP contribution in [0.4, 0.5) is 5.69 Å². The first-order valence-corrected chi connectivity index (χ1v) is 9.05. The Morgan fingerprint density at radius 1 is 0.966 bits per heavy atom. The Kier molecular flexibility index (Phi) is 8.46. The largest absolute Gasteiger partial charge is 0.439 e. The number of pyridine rings is 1. The van der Waals surface area contributed by atoms with Crippen molar-refractivity contribution in [3.8, 4) is 11.6 Å². The molecule has 0 spiro atoms. The van der Waals surface area contributed by atoms with Crippen LogP contribution < -0.4 is 15.4 Å². The Morgan fingerprint density at radius 3 is 2.52 bits per heavy atom. The van der Waals surface area contributed by atoms with Gasteiger partial charge >= 0.3 is 0 Å². The smallest absolute Gasteiger partial charge is 0.229 e. The fourth-order valence-electron chi connectivity index (χ4n) is 3.41. The number of carbonyl (C=O) groups excluding carboxylic acids is 1. The standard InChI is InChI=1S/C22H21N3O2.2ClH/c26-22(20-15-23-14-19(20)16-7-2-1-3-8-16)25-17-9-6-10-18(13-17)27-21-11-4-5-12-24-21;;/h1-13,19-20,23H,14-15H2,(H,25,26);2*1H. The van der Waals surface area contributed by atoms with Crippen molar-refractivity contribution in [2.24, 2.45) is 5.92 Å². The topological polar surface area (TPSA) is 63.2 Å². The van der Waals surface area contributed by atoms with E-state index in [-0.39, 0.29) is 42.6 Å². The van der Waals surface area contributed by atoms with Crippen LogP contribution in [0.2, 0.25) is 0 Å². The van der Waals surface area contributed by atoms with E-state index in [1.54, 1.807) is 12.3 Å². The second-order valence-electron chi connectivity index (χ2n) is 6.57. The van der Waals surface area contributed by atoms with Crippen LogP contribution in [0.3, 0.4) is 0 Å². The van der Waals surface area contributed by atoms with Crippen molar-refractivity contribution in [1.29, 1.82) is 0 Å². The van der Waals surface area contributed by atoms with Gasteiger partial charge in [-0.05, 0) is 23.8 Å². The van der Waals surface area contributed by atoms with Gasteiger partial charge in [-0.2, -0.15) is 0 Å². The van der Waals surface area contributed by atoms with E-state index in [9.17, 15) is 4.79 Å². The summed E-state index contributed by atoms with van der Waals surface area (Å²) in [6.07, 6.45) is 1.68. The number of rotatable bonds is 5. The molecule has 152 valence electrons. The van der Waals surface area contributed by atoms with E-state index in [1.165, 1.54) is 5.56 Å². The fourth-order valence-corrected chi connectivity index (χ4v) is 3.41. The molecule has 2 unspecified atom stereocenters. The lowest BCUT2D eigenvalue weighted by Crippen LogP contribution is -2.28. The number of benzene rings is 2. The highest BCUT2D eigenvalue weighted by Crippen LogP contribution is 2.30. The molecule has 0 bridgehead atoms. The molecular weight excluding hydrogens is 409 g/mol. The number of aromatic nitrogens is 1. The van der Waals surface area contributed by atoms with Crippen molar-refractivity contribution in [1.82, 2.24) is 10.3 Å². The number of ether oxygens (including phenoxy) is 1. The van der Waals surface area contributed by atoms with E-state index in [2.05, 4.69) is 27.8 Å². The van der Waals surface area contributed by atoms with Crippen LogP contribution in [0.15, 0.2) is 79.0 Å². The minimum absolute atomic E-state index is 0. The molecule has 1 saturated heterocycles. The molecule has 0 radical (unpaired) electrons. The lowest BCUT2D eigenvalue weighted by molar-refractivity contribution is -0.119. The molecule has 2 heterocycles. The Morgan fingerprint density at radius 2 is 1.76 bits per heavy atom. The van der Waals surface area contributed by atoms with Crippen LogP contribution in [-0.2, 0) is 4.79 Å². The van der Waals surface area contributed by atoms with E-state index in [0.717, 1.165) is 6.54 Å². The Bertz CT molecular complexity index is 910. The van der Waals surface area contributed by atoms with Crippen molar-refractivity contribution in [2.75, 3.05) is 18.4 Å². The lowest BCUT2D eigenvalue weighted by Gasteiger charge is -2.18. The molecular formula is C22H23Cl2N3O2. The molecule has 0 saturated carbocycles. The van der Waals surface area contributed by atoms with Gasteiger partial charge in [0.15, 0.2) is 0 Å². The van der Waals surface area contributed by atoms with Gasteiger partial charge in [0.1, 0.15) is 5.75 Å². The van der Waals surface area contributed by atoms with Crippen LogP contribution in [-0.4, -0.2) is 24.0 Å². The normalized spacial score (nSPS) is 17.5. The molecule has 2 aromatic carbocycles. The van der Waals surface area contributed by atoms with Crippen LogP contribution in [0.5, 0.6) is 11.6 Å². The second kappa shape index (κ2) is 10.8. The zero-order chi connectivity index (χ0) is 18.5. The van der Waals surface area contributed by atoms with E-state index in [0.29, 0.717) is 23.9 Å². The molecule has 1 amide bonds. The summed E-state index contributed by atoms with van der Waals surface area (Å²) in [5.41, 5.74) is 1.90. The molecule has 7 heteroatoms. The highest BCUT2D eigenvalue weighted by Gasteiger charge is 2.33. The summed E-state index contributed by atoms with van der Waals surface area (Å²) >= 11 is 0. The van der Waals surface area contributed by atoms with E-state index >= 15 is 0 Å². The van der Waals surface area contributed by atoms with Crippen molar-refractivity contribution >= 4 is 36.4 Å². The average molecular weight is 432 g/mol. The zero-order valence-electron chi connectivity index (χ0n) is 15.7. The second-order valence-corrected chi connectivity index (χ2v) is 6.57. The Balaban J connectivity index is 0.00000150. The van der Waals surface area contributed by atoms with Crippen molar-refractivity contribution in [3.63, 3.8) is 0 Å². The lowest BCUT2D eigenvalue weighted by atomic mass is 9.88. The van der Waals surface area contributed by atoms with Gasteiger partial charge in [-0.15, -0.1) is 24.8 Å². The number of hydrogen-bond donors (Lipinski definition) is 2. The number of nitrogens with one attached hydrogen (secondary N) is 2. The SMILES string of the molecule is Cl.Cl.O=C(Nc1cccc(Oc2ccccn2)c1)C1CNCC1c1ccccc1. The summed E-state index contributed by atoms with van der Waals surface area (Å²) in [7, 11) is 0. The van der Waals surface area contributed by atoms with E-state index < -0.39 is 0 Å². The minimum atomic E-state index is -0.104. The summed E-state index contributed by atoms with van der Waals surface area (Å²) in [4.78, 5) is 17.0. The van der Waals surface area contributed by atoms with Gasteiger partial charge in [0.2, 0.25) is 11.8 Å². The molecule has 1 aromatic heterocycles. The zero-order valence-corrected chi connectivity index (χ0v) is 17.3. The van der Waals surface area contributed by atoms with Gasteiger partial charge in [0, 0.05) is 43.0 Å². The number of halogens is 2. The molecule has 4 rings (SSSR count). The Labute approximate surface area is 182 Å². The van der Waals surface area contributed by atoms with Crippen molar-refractivity contribution in [3.05, 3.63) is 84.6 Å². The molecule has 1 aliphatic rings. The van der Waals surface area contributed by atoms with E-state index in [1.807, 2.05) is 54.6 Å². The van der Waals surface area contributed by atoms with Gasteiger partial charge in [-0.1, -0.05) is 42.5 Å². The number of anilines is 1. The predicted molar refractivity (Wildman–Crippen MR) is 119 cm³/mol. The van der Waals surface area contributed by atoms with Crippen LogP contribution in [0.25, 0.3) is 0 Å². The molecule has 29 heavy (non-hydrogen) atoms. The minimum Gasteiger partial charge on any atom is -0.439 e. The highest BCUT2D eigenvalue weighted by atomic mass is 35.5. The van der Waals surface area contributed by atoms with Gasteiger partial charge < -0.3 is 15.4 Å². The van der Waals surface area contributed by atoms with E-state index in [4.69, 9.17) is 4.74 Å². The molecule has 3 aromatic rings. The number of nitrogens with zero attached hydrogens (tertiary/aromatic N) is 1. The molecule has 1 fully saturated rings. The molecule has 1 aliphatic heterocycles. The number of hydrogen-bond acceptors (Lipinski definition) is 4. The predicted octanol–water partition coefficient (Wildman–Crippen LogP) is 4.66. The summed E-state index contributed by atoms with van der Waals surface area (Å²) in [6.45, 7) is 1.49. The molecule has 2 N–H and O–H groups in total. The summed E-state index contributed by atoms with van der Waals surface area (Å²) in [5.74, 6) is 1.25. The maximum absolute atomic E-state index is 12.9. The highest BCUT2D eigenvalue weighted by molar-refractivity contribution is 5.93. The monoisotopic (exact) mass is 431 g/mol. The first kappa shape index (κ1) is 22.7. The van der Waals surface area contributed by atoms with Crippen LogP contribution >= 0.6 is 24.8 Å². The summed E-state index contributed by atoms with van der Waals surface area (Å²) in [6, 6.07) is 23.1. The Hall–Kier alpha value is -2.60. The number of amides is 1. The van der Waals surface area contributed by atoms with Crippen LogP contribution in [0, 0.1) is 5.92 Å². The third-order valence-corrected chi connectivity index (χ3v) is 4.74. The van der Waals surface area contributed by atoms with Crippen LogP contribution in [0.1, 0.15) is 11.5 Å². The van der Waals surface area contributed by atoms with Crippen molar-refractivity contribution in [2.45, 2.75) is 5.92 Å². The van der Waals surface area contributed by atoms with Gasteiger partial charge in [0.25, 0.3) is 0 Å². The maximum Gasteiger partial charge on any atom is 0.229 e.